The van der Waals surface area contributed by atoms with Crippen molar-refractivity contribution in [2.45, 2.75) is 70.9 Å². The van der Waals surface area contributed by atoms with Crippen LogP contribution in [0.25, 0.3) is 0 Å². The highest BCUT2D eigenvalue weighted by atomic mass is 16.5. The lowest BCUT2D eigenvalue weighted by Gasteiger charge is -2.34. The zero-order chi connectivity index (χ0) is 21.9. The van der Waals surface area contributed by atoms with Crippen LogP contribution in [0.15, 0.2) is 18.2 Å². The number of nitrogens with two attached hydrogens (primary N) is 1. The average molecular weight is 419 g/mol. The Balaban J connectivity index is 1.83. The molecular formula is C24H38N2O4. The van der Waals surface area contributed by atoms with E-state index in [1.165, 1.54) is 12.8 Å². The van der Waals surface area contributed by atoms with Crippen molar-refractivity contribution in [1.29, 1.82) is 0 Å². The van der Waals surface area contributed by atoms with Crippen LogP contribution >= 0.6 is 0 Å². The van der Waals surface area contributed by atoms with E-state index in [-0.39, 0.29) is 11.8 Å². The van der Waals surface area contributed by atoms with Crippen molar-refractivity contribution in [3.8, 4) is 11.5 Å². The molecule has 1 aromatic carbocycles. The first kappa shape index (κ1) is 22.9. The molecule has 1 saturated heterocycles. The molecule has 4 atom stereocenters. The van der Waals surface area contributed by atoms with Crippen molar-refractivity contribution in [2.75, 3.05) is 26.8 Å². The molecule has 1 saturated carbocycles. The predicted molar refractivity (Wildman–Crippen MR) is 118 cm³/mol. The van der Waals surface area contributed by atoms with Gasteiger partial charge in [-0.05, 0) is 49.8 Å². The van der Waals surface area contributed by atoms with Gasteiger partial charge in [0.25, 0.3) is 0 Å². The summed E-state index contributed by atoms with van der Waals surface area (Å²) < 4.78 is 11.5. The Hall–Kier alpha value is -1.79. The molecule has 2 fully saturated rings. The fraction of sp³-hybridized carbons (Fsp3) is 0.708. The number of hydrogen-bond donors (Lipinski definition) is 2. The summed E-state index contributed by atoms with van der Waals surface area (Å²) in [5.41, 5.74) is 6.78. The third-order valence-electron chi connectivity index (χ3n) is 6.94. The highest BCUT2D eigenvalue weighted by Gasteiger charge is 2.49. The van der Waals surface area contributed by atoms with E-state index in [1.54, 1.807) is 7.11 Å². The number of hydrogen-bond acceptors (Lipinski definition) is 5. The number of benzene rings is 1. The number of rotatable bonds is 10. The van der Waals surface area contributed by atoms with Gasteiger partial charge in [-0.1, -0.05) is 32.8 Å². The molecule has 0 radical (unpaired) electrons. The topological polar surface area (TPSA) is 85.0 Å². The number of likely N-dealkylation sites (tertiary alicyclic amines) is 1. The van der Waals surface area contributed by atoms with Gasteiger partial charge in [0.05, 0.1) is 25.9 Å². The van der Waals surface area contributed by atoms with Gasteiger partial charge in [0.1, 0.15) is 0 Å². The van der Waals surface area contributed by atoms with Crippen LogP contribution in [0.3, 0.4) is 0 Å². The molecule has 6 nitrogen and oxygen atoms in total. The van der Waals surface area contributed by atoms with E-state index in [0.717, 1.165) is 24.2 Å². The monoisotopic (exact) mass is 418 g/mol. The zero-order valence-electron chi connectivity index (χ0n) is 18.9. The molecular weight excluding hydrogens is 380 g/mol. The molecule has 30 heavy (non-hydrogen) atoms. The molecule has 6 heteroatoms. The van der Waals surface area contributed by atoms with E-state index >= 15 is 0 Å². The Bertz CT molecular complexity index is 734. The molecule has 1 heterocycles. The second-order valence-corrected chi connectivity index (χ2v) is 9.37. The average Bonchev–Trinajstić information content (AvgIpc) is 3.50. The second-order valence-electron chi connectivity index (χ2n) is 9.37. The third kappa shape index (κ3) is 4.92. The number of aliphatic hydroxyl groups is 1. The Morgan fingerprint density at radius 1 is 1.37 bits per heavy atom. The number of methoxy groups -OCH3 is 1. The molecule has 1 aromatic rings. The molecule has 168 valence electrons. The Labute approximate surface area is 180 Å². The van der Waals surface area contributed by atoms with E-state index in [0.29, 0.717) is 37.8 Å². The molecule has 2 aliphatic rings. The van der Waals surface area contributed by atoms with Crippen molar-refractivity contribution in [3.63, 3.8) is 0 Å². The normalized spacial score (nSPS) is 25.8. The van der Waals surface area contributed by atoms with Crippen molar-refractivity contribution in [2.24, 2.45) is 17.1 Å². The van der Waals surface area contributed by atoms with E-state index in [4.69, 9.17) is 15.2 Å². The molecule has 1 amide bonds. The number of aliphatic hydroxyl groups excluding tert-OH is 1. The van der Waals surface area contributed by atoms with Gasteiger partial charge in [-0.2, -0.15) is 0 Å². The summed E-state index contributed by atoms with van der Waals surface area (Å²) in [7, 11) is 1.65. The molecule has 0 aromatic heterocycles. The lowest BCUT2D eigenvalue weighted by Crippen LogP contribution is -2.44. The lowest BCUT2D eigenvalue weighted by molar-refractivity contribution is -0.132. The van der Waals surface area contributed by atoms with E-state index in [2.05, 4.69) is 13.8 Å². The Morgan fingerprint density at radius 3 is 2.70 bits per heavy atom. The number of ether oxygens (including phenoxy) is 2. The zero-order valence-corrected chi connectivity index (χ0v) is 18.9. The van der Waals surface area contributed by atoms with Crippen LogP contribution in [-0.2, 0) is 4.79 Å². The van der Waals surface area contributed by atoms with Crippen LogP contribution in [0, 0.1) is 11.3 Å². The molecule has 1 unspecified atom stereocenters. The summed E-state index contributed by atoms with van der Waals surface area (Å²) in [6, 6.07) is 5.50. The summed E-state index contributed by atoms with van der Waals surface area (Å²) >= 11 is 0. The quantitative estimate of drug-likeness (QED) is 0.609. The highest BCUT2D eigenvalue weighted by Crippen LogP contribution is 2.47. The minimum Gasteiger partial charge on any atom is -0.493 e. The first-order valence-electron chi connectivity index (χ1n) is 11.3. The molecule has 3 N–H and O–H groups in total. The summed E-state index contributed by atoms with van der Waals surface area (Å²) in [6.07, 6.45) is 4.54. The van der Waals surface area contributed by atoms with Crippen LogP contribution in [0.4, 0.5) is 0 Å². The first-order chi connectivity index (χ1) is 14.3. The summed E-state index contributed by atoms with van der Waals surface area (Å²) in [5.74, 6) is 2.07. The maximum atomic E-state index is 13.0. The van der Waals surface area contributed by atoms with Crippen LogP contribution in [0.1, 0.15) is 64.4 Å². The molecule has 0 spiro atoms. The number of amides is 1. The van der Waals surface area contributed by atoms with Gasteiger partial charge in [-0.3, -0.25) is 4.79 Å². The summed E-state index contributed by atoms with van der Waals surface area (Å²) in [5, 5.41) is 10.7. The summed E-state index contributed by atoms with van der Waals surface area (Å²) in [4.78, 5) is 14.8. The van der Waals surface area contributed by atoms with E-state index < -0.39 is 17.6 Å². The van der Waals surface area contributed by atoms with Crippen molar-refractivity contribution >= 4 is 5.91 Å². The standard InChI is InChI=1S/C24H38N2O4/c1-5-6-7-20(25)23(28)26-13-19(24(3,15-26)16(2)27)18-10-11-21(29-4)22(12-18)30-14-17-8-9-17/h10-12,16-17,19-20,27H,5-9,13-15,25H2,1-4H3/t16-,19+,20-,24?/m1/s1. The molecule has 1 aliphatic carbocycles. The molecule has 1 aliphatic heterocycles. The Morgan fingerprint density at radius 2 is 2.10 bits per heavy atom. The largest absolute Gasteiger partial charge is 0.493 e. The minimum atomic E-state index is -0.565. The molecule has 3 rings (SSSR count). The van der Waals surface area contributed by atoms with Gasteiger partial charge in [0, 0.05) is 24.4 Å². The van der Waals surface area contributed by atoms with Gasteiger partial charge in [0.15, 0.2) is 11.5 Å². The number of carbonyl (C=O) groups excluding carboxylic acids is 1. The maximum absolute atomic E-state index is 13.0. The van der Waals surface area contributed by atoms with Gasteiger partial charge >= 0.3 is 0 Å². The van der Waals surface area contributed by atoms with Gasteiger partial charge in [-0.15, -0.1) is 0 Å². The van der Waals surface area contributed by atoms with E-state index in [9.17, 15) is 9.90 Å². The predicted octanol–water partition coefficient (Wildman–Crippen LogP) is 3.31. The van der Waals surface area contributed by atoms with E-state index in [1.807, 2.05) is 30.0 Å². The lowest BCUT2D eigenvalue weighted by atomic mass is 9.72. The Kier molecular flexibility index (Phi) is 7.30. The van der Waals surface area contributed by atoms with Gasteiger partial charge < -0.3 is 25.2 Å². The van der Waals surface area contributed by atoms with Gasteiger partial charge in [0.2, 0.25) is 5.91 Å². The number of unbranched alkanes of at least 4 members (excludes halogenated alkanes) is 1. The van der Waals surface area contributed by atoms with Crippen molar-refractivity contribution in [3.05, 3.63) is 23.8 Å². The minimum absolute atomic E-state index is 0.00555. The second kappa shape index (κ2) is 9.56. The number of nitrogens with zero attached hydrogens (tertiary/aromatic N) is 1. The SMILES string of the molecule is CCCC[C@@H](N)C(=O)N1C[C@@H](c2ccc(OC)c(OCC3CC3)c2)C(C)([C@@H](C)O)C1. The van der Waals surface area contributed by atoms with Crippen LogP contribution in [-0.4, -0.2) is 54.9 Å². The fourth-order valence-electron chi connectivity index (χ4n) is 4.39. The van der Waals surface area contributed by atoms with Crippen LogP contribution in [0.5, 0.6) is 11.5 Å². The first-order valence-corrected chi connectivity index (χ1v) is 11.3. The third-order valence-corrected chi connectivity index (χ3v) is 6.94. The van der Waals surface area contributed by atoms with Crippen LogP contribution < -0.4 is 15.2 Å². The maximum Gasteiger partial charge on any atom is 0.239 e. The number of carbonyl (C=O) groups is 1. The van der Waals surface area contributed by atoms with Crippen molar-refractivity contribution in [1.82, 2.24) is 4.90 Å². The van der Waals surface area contributed by atoms with Gasteiger partial charge in [-0.25, -0.2) is 0 Å². The molecule has 0 bridgehead atoms. The smallest absolute Gasteiger partial charge is 0.239 e. The fourth-order valence-corrected chi connectivity index (χ4v) is 4.39. The summed E-state index contributed by atoms with van der Waals surface area (Å²) in [6.45, 7) is 7.72. The van der Waals surface area contributed by atoms with Crippen molar-refractivity contribution < 1.29 is 19.4 Å². The van der Waals surface area contributed by atoms with Crippen LogP contribution in [0.2, 0.25) is 0 Å². The highest BCUT2D eigenvalue weighted by molar-refractivity contribution is 5.82.